The molecule has 6 nitrogen and oxygen atoms in total. The number of rotatable bonds is 5. The summed E-state index contributed by atoms with van der Waals surface area (Å²) in [6.07, 6.45) is 4.56. The second kappa shape index (κ2) is 7.68. The predicted molar refractivity (Wildman–Crippen MR) is 80.1 cm³/mol. The fourth-order valence-corrected chi connectivity index (χ4v) is 3.66. The van der Waals surface area contributed by atoms with Gasteiger partial charge in [0.2, 0.25) is 11.8 Å². The van der Waals surface area contributed by atoms with Gasteiger partial charge in [-0.15, -0.1) is 11.8 Å². The van der Waals surface area contributed by atoms with E-state index in [1.54, 1.807) is 0 Å². The molecule has 0 aromatic rings. The highest BCUT2D eigenvalue weighted by Gasteiger charge is 2.33. The molecule has 1 atom stereocenters. The van der Waals surface area contributed by atoms with E-state index in [0.29, 0.717) is 18.7 Å². The minimum atomic E-state index is -0.935. The number of hydrogen-bond acceptors (Lipinski definition) is 4. The number of piperidine rings is 1. The fraction of sp³-hybridized carbons (Fsp3) is 0.786. The summed E-state index contributed by atoms with van der Waals surface area (Å²) < 4.78 is 0. The third-order valence-electron chi connectivity index (χ3n) is 4.02. The number of hydrogen-bond donors (Lipinski definition) is 1. The summed E-state index contributed by atoms with van der Waals surface area (Å²) in [6, 6.07) is -0.684. The van der Waals surface area contributed by atoms with Crippen molar-refractivity contribution in [2.24, 2.45) is 0 Å². The maximum Gasteiger partial charge on any atom is 0.326 e. The average molecular weight is 314 g/mol. The van der Waals surface area contributed by atoms with Crippen molar-refractivity contribution in [3.8, 4) is 0 Å². The Bertz CT molecular complexity index is 410. The Balaban J connectivity index is 1.71. The summed E-state index contributed by atoms with van der Waals surface area (Å²) in [5.74, 6) is -0.531. The van der Waals surface area contributed by atoms with Crippen molar-refractivity contribution in [1.29, 1.82) is 0 Å². The van der Waals surface area contributed by atoms with Gasteiger partial charge >= 0.3 is 5.97 Å². The summed E-state index contributed by atoms with van der Waals surface area (Å²) >= 11 is 1.29. The Hall–Kier alpha value is -1.24. The highest BCUT2D eigenvalue weighted by Crippen LogP contribution is 2.19. The lowest BCUT2D eigenvalue weighted by molar-refractivity contribution is -0.147. The van der Waals surface area contributed by atoms with E-state index in [2.05, 4.69) is 0 Å². The Morgan fingerprint density at radius 1 is 0.952 bits per heavy atom. The molecule has 0 spiro atoms. The van der Waals surface area contributed by atoms with Crippen molar-refractivity contribution in [2.75, 3.05) is 31.1 Å². The molecule has 21 heavy (non-hydrogen) atoms. The highest BCUT2D eigenvalue weighted by molar-refractivity contribution is 8.00. The van der Waals surface area contributed by atoms with Gasteiger partial charge in [-0.3, -0.25) is 9.59 Å². The monoisotopic (exact) mass is 314 g/mol. The molecule has 2 amide bonds. The minimum absolute atomic E-state index is 0.0868. The maximum atomic E-state index is 12.0. The third-order valence-corrected chi connectivity index (χ3v) is 4.92. The molecule has 0 aromatic carbocycles. The normalized spacial score (nSPS) is 22.4. The lowest BCUT2D eigenvalue weighted by atomic mass is 10.1. The lowest BCUT2D eigenvalue weighted by Gasteiger charge is -2.26. The van der Waals surface area contributed by atoms with Gasteiger partial charge in [-0.1, -0.05) is 0 Å². The van der Waals surface area contributed by atoms with E-state index in [1.807, 2.05) is 4.90 Å². The number of carboxylic acids is 1. The van der Waals surface area contributed by atoms with Crippen LogP contribution in [0.15, 0.2) is 0 Å². The lowest BCUT2D eigenvalue weighted by Crippen LogP contribution is -2.41. The van der Waals surface area contributed by atoms with Crippen molar-refractivity contribution in [1.82, 2.24) is 9.80 Å². The van der Waals surface area contributed by atoms with Gasteiger partial charge in [0.25, 0.3) is 0 Å². The number of nitrogens with zero attached hydrogens (tertiary/aromatic N) is 2. The second-order valence-electron chi connectivity index (χ2n) is 5.52. The predicted octanol–water partition coefficient (Wildman–Crippen LogP) is 0.808. The number of carbonyl (C=O) groups is 3. The molecule has 7 heteroatoms. The number of carbonyl (C=O) groups excluding carboxylic acids is 2. The van der Waals surface area contributed by atoms with E-state index in [9.17, 15) is 14.4 Å². The van der Waals surface area contributed by atoms with Gasteiger partial charge in [-0.2, -0.15) is 0 Å². The standard InChI is InChI=1S/C14H22N2O4S/c17-12(15-6-2-1-3-7-15)9-21-10-13(18)16-8-4-5-11(16)14(19)20/h11H,1-10H2,(H,19,20)/t11-/m1/s1. The van der Waals surface area contributed by atoms with Crippen molar-refractivity contribution in [2.45, 2.75) is 38.1 Å². The Labute approximate surface area is 128 Å². The van der Waals surface area contributed by atoms with Crippen LogP contribution in [0.5, 0.6) is 0 Å². The molecule has 2 heterocycles. The Morgan fingerprint density at radius 3 is 2.29 bits per heavy atom. The molecule has 0 unspecified atom stereocenters. The molecule has 2 fully saturated rings. The number of carboxylic acid groups (broad SMARTS) is 1. The topological polar surface area (TPSA) is 77.9 Å². The molecule has 0 radical (unpaired) electrons. The third kappa shape index (κ3) is 4.36. The molecule has 1 N–H and O–H groups in total. The van der Waals surface area contributed by atoms with Gasteiger partial charge in [0.1, 0.15) is 6.04 Å². The number of amides is 2. The van der Waals surface area contributed by atoms with Crippen LogP contribution < -0.4 is 0 Å². The van der Waals surface area contributed by atoms with Gasteiger partial charge in [0.15, 0.2) is 0 Å². The van der Waals surface area contributed by atoms with Gasteiger partial charge in [-0.05, 0) is 32.1 Å². The van der Waals surface area contributed by atoms with Crippen molar-refractivity contribution in [3.63, 3.8) is 0 Å². The first-order valence-electron chi connectivity index (χ1n) is 7.47. The first-order chi connectivity index (χ1) is 10.1. The smallest absolute Gasteiger partial charge is 0.326 e. The van der Waals surface area contributed by atoms with Gasteiger partial charge < -0.3 is 14.9 Å². The van der Waals surface area contributed by atoms with Crippen LogP contribution in [0.25, 0.3) is 0 Å². The number of aliphatic carboxylic acids is 1. The van der Waals surface area contributed by atoms with E-state index in [0.717, 1.165) is 32.4 Å². The second-order valence-corrected chi connectivity index (χ2v) is 6.50. The molecule has 2 saturated heterocycles. The van der Waals surface area contributed by atoms with Crippen LogP contribution in [0, 0.1) is 0 Å². The zero-order chi connectivity index (χ0) is 15.2. The molecular weight excluding hydrogens is 292 g/mol. The molecule has 118 valence electrons. The quantitative estimate of drug-likeness (QED) is 0.812. The van der Waals surface area contributed by atoms with Crippen LogP contribution in [0.3, 0.4) is 0 Å². The molecule has 0 aliphatic carbocycles. The SMILES string of the molecule is O=C(O)[C@H]1CCCN1C(=O)CSCC(=O)N1CCCCC1. The first-order valence-corrected chi connectivity index (χ1v) is 8.63. The average Bonchev–Trinajstić information content (AvgIpc) is 2.97. The summed E-state index contributed by atoms with van der Waals surface area (Å²) in [6.45, 7) is 2.15. The molecular formula is C14H22N2O4S. The van der Waals surface area contributed by atoms with E-state index in [-0.39, 0.29) is 17.6 Å². The number of likely N-dealkylation sites (tertiary alicyclic amines) is 2. The summed E-state index contributed by atoms with van der Waals surface area (Å²) in [7, 11) is 0. The maximum absolute atomic E-state index is 12.0. The van der Waals surface area contributed by atoms with Gasteiger partial charge in [0.05, 0.1) is 11.5 Å². The molecule has 2 rings (SSSR count). The Kier molecular flexibility index (Phi) is 5.90. The highest BCUT2D eigenvalue weighted by atomic mass is 32.2. The van der Waals surface area contributed by atoms with Crippen LogP contribution in [0.2, 0.25) is 0 Å². The van der Waals surface area contributed by atoms with Crippen LogP contribution >= 0.6 is 11.8 Å². The van der Waals surface area contributed by atoms with Gasteiger partial charge in [-0.25, -0.2) is 4.79 Å². The number of thioether (sulfide) groups is 1. The molecule has 0 bridgehead atoms. The van der Waals surface area contributed by atoms with E-state index < -0.39 is 12.0 Å². The van der Waals surface area contributed by atoms with E-state index in [1.165, 1.54) is 23.1 Å². The van der Waals surface area contributed by atoms with Crippen LogP contribution in [-0.4, -0.2) is 69.9 Å². The van der Waals surface area contributed by atoms with E-state index >= 15 is 0 Å². The summed E-state index contributed by atoms with van der Waals surface area (Å²) in [4.78, 5) is 38.3. The van der Waals surface area contributed by atoms with Crippen molar-refractivity contribution in [3.05, 3.63) is 0 Å². The Morgan fingerprint density at radius 2 is 1.62 bits per heavy atom. The largest absolute Gasteiger partial charge is 0.480 e. The van der Waals surface area contributed by atoms with Crippen LogP contribution in [0.1, 0.15) is 32.1 Å². The molecule has 0 aromatic heterocycles. The molecule has 2 aliphatic rings. The summed E-state index contributed by atoms with van der Waals surface area (Å²) in [5.41, 5.74) is 0. The molecule has 2 aliphatic heterocycles. The van der Waals surface area contributed by atoms with Crippen LogP contribution in [-0.2, 0) is 14.4 Å². The minimum Gasteiger partial charge on any atom is -0.480 e. The first kappa shape index (κ1) is 16.1. The van der Waals surface area contributed by atoms with Gasteiger partial charge in [0, 0.05) is 19.6 Å². The zero-order valence-corrected chi connectivity index (χ0v) is 12.9. The fourth-order valence-electron chi connectivity index (χ4n) is 2.87. The van der Waals surface area contributed by atoms with Crippen LogP contribution in [0.4, 0.5) is 0 Å². The van der Waals surface area contributed by atoms with Crippen molar-refractivity contribution >= 4 is 29.5 Å². The van der Waals surface area contributed by atoms with Crippen molar-refractivity contribution < 1.29 is 19.5 Å². The molecule has 0 saturated carbocycles. The zero-order valence-electron chi connectivity index (χ0n) is 12.1. The summed E-state index contributed by atoms with van der Waals surface area (Å²) in [5, 5.41) is 9.05. The van der Waals surface area contributed by atoms with E-state index in [4.69, 9.17) is 5.11 Å².